The Balaban J connectivity index is 0.000000750. The molecule has 2 aliphatic heterocycles. The number of dihydropyridines is 1. The minimum Gasteiger partial charge on any atom is -0.316 e. The van der Waals surface area contributed by atoms with Gasteiger partial charge in [-0.1, -0.05) is 12.5 Å². The van der Waals surface area contributed by atoms with Gasteiger partial charge in [0.15, 0.2) is 0 Å². The Labute approximate surface area is 98.9 Å². The fourth-order valence-corrected chi connectivity index (χ4v) is 2.66. The van der Waals surface area contributed by atoms with Gasteiger partial charge in [0.05, 0.1) is 11.4 Å². The molecule has 1 fully saturated rings. The van der Waals surface area contributed by atoms with Crippen molar-refractivity contribution in [2.24, 2.45) is 15.9 Å². The summed E-state index contributed by atoms with van der Waals surface area (Å²) >= 11 is 0. The van der Waals surface area contributed by atoms with Crippen molar-refractivity contribution >= 4 is 11.9 Å². The molecule has 0 N–H and O–H groups in total. The van der Waals surface area contributed by atoms with Gasteiger partial charge in [0.2, 0.25) is 0 Å². The van der Waals surface area contributed by atoms with E-state index in [4.69, 9.17) is 0 Å². The van der Waals surface area contributed by atoms with Crippen LogP contribution in [-0.2, 0) is 21.1 Å². The minimum atomic E-state index is 0. The van der Waals surface area contributed by atoms with Crippen LogP contribution in [0.5, 0.6) is 0 Å². The zero-order valence-electron chi connectivity index (χ0n) is 8.23. The van der Waals surface area contributed by atoms with Crippen molar-refractivity contribution in [3.63, 3.8) is 0 Å². The molecule has 0 radical (unpaired) electrons. The molecular weight excluding hydrogens is 344 g/mol. The van der Waals surface area contributed by atoms with E-state index < -0.39 is 0 Å². The number of nitrogens with zero attached hydrogens (tertiary/aromatic N) is 2. The van der Waals surface area contributed by atoms with Gasteiger partial charge in [0.1, 0.15) is 0 Å². The van der Waals surface area contributed by atoms with Gasteiger partial charge in [-0.25, -0.2) is 0 Å². The Morgan fingerprint density at radius 3 is 3.21 bits per heavy atom. The molecule has 1 aliphatic carbocycles. The van der Waals surface area contributed by atoms with Crippen LogP contribution in [0, 0.1) is 12.3 Å². The molecule has 3 aliphatic rings. The van der Waals surface area contributed by atoms with Crippen LogP contribution in [-0.4, -0.2) is 18.0 Å². The second kappa shape index (κ2) is 3.73. The Bertz CT molecular complexity index is 341. The Morgan fingerprint density at radius 2 is 2.36 bits per heavy atom. The maximum absolute atomic E-state index is 4.68. The number of aliphatic imine (C=N–C) groups is 2. The molecule has 0 saturated heterocycles. The maximum atomic E-state index is 4.68. The van der Waals surface area contributed by atoms with Crippen LogP contribution in [0.25, 0.3) is 0 Å². The van der Waals surface area contributed by atoms with Crippen molar-refractivity contribution in [3.8, 4) is 0 Å². The molecular formula is C11H13N2W-. The molecule has 3 heteroatoms. The summed E-state index contributed by atoms with van der Waals surface area (Å²) in [5.41, 5.74) is 3.88. The number of fused-ring (bicyclic) bond motifs is 2. The zero-order chi connectivity index (χ0) is 8.84. The van der Waals surface area contributed by atoms with Gasteiger partial charge in [-0.2, -0.15) is 6.42 Å². The first kappa shape index (κ1) is 10.3. The van der Waals surface area contributed by atoms with Gasteiger partial charge in [-0.3, -0.25) is 4.99 Å². The topological polar surface area (TPSA) is 24.7 Å². The molecule has 2 nitrogen and oxygen atoms in total. The van der Waals surface area contributed by atoms with E-state index in [2.05, 4.69) is 23.3 Å². The largest absolute Gasteiger partial charge is 0.316 e. The number of allylic oxidation sites excluding steroid dienone is 1. The van der Waals surface area contributed by atoms with Gasteiger partial charge >= 0.3 is 0 Å². The Kier molecular flexibility index (Phi) is 2.74. The van der Waals surface area contributed by atoms with Gasteiger partial charge < -0.3 is 11.4 Å². The van der Waals surface area contributed by atoms with Gasteiger partial charge in [0, 0.05) is 33.7 Å². The van der Waals surface area contributed by atoms with Gasteiger partial charge in [0.25, 0.3) is 0 Å². The summed E-state index contributed by atoms with van der Waals surface area (Å²) in [7, 11) is 0. The molecule has 3 rings (SSSR count). The third-order valence-electron chi connectivity index (χ3n) is 3.27. The van der Waals surface area contributed by atoms with E-state index in [1.54, 1.807) is 5.57 Å². The van der Waals surface area contributed by atoms with Crippen molar-refractivity contribution in [1.29, 1.82) is 0 Å². The standard InChI is InChI=1S/C11H13N2.W/c1-7-11-9(5-6-12-11)8-3-2-4-10(8)13-7;/h4,6,8,10H,2-3,5H2,1H3;/q-1;. The summed E-state index contributed by atoms with van der Waals surface area (Å²) in [6.45, 7) is 2.08. The fraction of sp³-hybridized carbons (Fsp3) is 0.545. The average Bonchev–Trinajstić information content (AvgIpc) is 2.66. The smallest absolute Gasteiger partial charge is 0.0830 e. The molecule has 0 aromatic heterocycles. The van der Waals surface area contributed by atoms with Crippen LogP contribution in [0.1, 0.15) is 26.2 Å². The quantitative estimate of drug-likeness (QED) is 0.594. The summed E-state index contributed by atoms with van der Waals surface area (Å²) < 4.78 is 0. The van der Waals surface area contributed by atoms with E-state index in [0.29, 0.717) is 12.0 Å². The summed E-state index contributed by atoms with van der Waals surface area (Å²) in [6, 6.07) is 0.473. The Morgan fingerprint density at radius 1 is 1.50 bits per heavy atom. The van der Waals surface area contributed by atoms with Gasteiger partial charge in [-0.05, 0) is 18.4 Å². The molecule has 0 amide bonds. The van der Waals surface area contributed by atoms with Crippen LogP contribution in [0.2, 0.25) is 0 Å². The maximum Gasteiger partial charge on any atom is 0.0830 e. The number of hydrogen-bond donors (Lipinski definition) is 0. The van der Waals surface area contributed by atoms with Crippen LogP contribution in [0.3, 0.4) is 0 Å². The number of hydrogen-bond acceptors (Lipinski definition) is 2. The third-order valence-corrected chi connectivity index (χ3v) is 3.27. The van der Waals surface area contributed by atoms with E-state index >= 15 is 0 Å². The second-order valence-electron chi connectivity index (χ2n) is 4.01. The van der Waals surface area contributed by atoms with E-state index in [1.165, 1.54) is 18.5 Å². The van der Waals surface area contributed by atoms with E-state index in [0.717, 1.165) is 12.1 Å². The molecule has 2 heterocycles. The molecule has 0 spiro atoms. The summed E-state index contributed by atoms with van der Waals surface area (Å²) in [5, 5.41) is 0. The van der Waals surface area contributed by atoms with Crippen molar-refractivity contribution in [3.05, 3.63) is 17.7 Å². The van der Waals surface area contributed by atoms with Crippen molar-refractivity contribution in [2.45, 2.75) is 32.2 Å². The van der Waals surface area contributed by atoms with Crippen molar-refractivity contribution < 1.29 is 21.1 Å². The predicted octanol–water partition coefficient (Wildman–Crippen LogP) is 2.17. The third kappa shape index (κ3) is 1.35. The first-order valence-corrected chi connectivity index (χ1v) is 5.00. The van der Waals surface area contributed by atoms with Crippen molar-refractivity contribution in [1.82, 2.24) is 0 Å². The Hall–Kier alpha value is -0.232. The van der Waals surface area contributed by atoms with E-state index in [9.17, 15) is 0 Å². The zero-order valence-corrected chi connectivity index (χ0v) is 11.2. The van der Waals surface area contributed by atoms with Crippen LogP contribution in [0.4, 0.5) is 0 Å². The first-order valence-electron chi connectivity index (χ1n) is 5.00. The van der Waals surface area contributed by atoms with Crippen molar-refractivity contribution in [2.75, 3.05) is 0 Å². The summed E-state index contributed by atoms with van der Waals surface area (Å²) in [4.78, 5) is 9.09. The monoisotopic (exact) mass is 357 g/mol. The molecule has 2 atom stereocenters. The molecule has 14 heavy (non-hydrogen) atoms. The molecule has 0 aromatic rings. The predicted molar refractivity (Wildman–Crippen MR) is 54.1 cm³/mol. The second-order valence-corrected chi connectivity index (χ2v) is 4.01. The van der Waals surface area contributed by atoms with Crippen LogP contribution in [0.15, 0.2) is 21.3 Å². The SMILES string of the molecule is CC1=NC2[CH-]CCC2C2=C1N=CC2.[W]. The van der Waals surface area contributed by atoms with E-state index in [-0.39, 0.29) is 21.1 Å². The fourth-order valence-electron chi connectivity index (χ4n) is 2.66. The molecule has 2 unspecified atom stereocenters. The average molecular weight is 357 g/mol. The number of rotatable bonds is 0. The molecule has 0 aromatic carbocycles. The summed E-state index contributed by atoms with van der Waals surface area (Å²) in [6.07, 6.45) is 7.96. The van der Waals surface area contributed by atoms with E-state index in [1.807, 2.05) is 6.21 Å². The molecule has 1 saturated carbocycles. The van der Waals surface area contributed by atoms with Crippen LogP contribution >= 0.6 is 0 Å². The molecule has 0 bridgehead atoms. The molecule has 74 valence electrons. The van der Waals surface area contributed by atoms with Gasteiger partial charge in [-0.15, -0.1) is 0 Å². The first-order chi connectivity index (χ1) is 6.36. The normalized spacial score (nSPS) is 33.6. The minimum absolute atomic E-state index is 0. The summed E-state index contributed by atoms with van der Waals surface area (Å²) in [5.74, 6) is 0.682. The van der Waals surface area contributed by atoms with Crippen LogP contribution < -0.4 is 0 Å².